The molecule has 35 heavy (non-hydrogen) atoms. The van der Waals surface area contributed by atoms with Gasteiger partial charge in [-0.3, -0.25) is 9.89 Å². The van der Waals surface area contributed by atoms with Crippen molar-refractivity contribution in [1.82, 2.24) is 24.6 Å². The summed E-state index contributed by atoms with van der Waals surface area (Å²) in [6.45, 7) is 18.1. The third-order valence-electron chi connectivity index (χ3n) is 4.89. The summed E-state index contributed by atoms with van der Waals surface area (Å²) < 4.78 is 2.10. The van der Waals surface area contributed by atoms with Crippen molar-refractivity contribution in [1.29, 1.82) is 0 Å². The summed E-state index contributed by atoms with van der Waals surface area (Å²) >= 11 is 0. The highest BCUT2D eigenvalue weighted by atomic mass is 16.1. The van der Waals surface area contributed by atoms with Crippen molar-refractivity contribution in [3.63, 3.8) is 0 Å². The van der Waals surface area contributed by atoms with Gasteiger partial charge in [-0.1, -0.05) is 77.4 Å². The molecule has 0 atom stereocenters. The van der Waals surface area contributed by atoms with E-state index >= 15 is 0 Å². The highest BCUT2D eigenvalue weighted by Gasteiger charge is 2.08. The zero-order valence-electron chi connectivity index (χ0n) is 23.2. The SMILES string of the molecule is CC.CC.CC.Cc1cc2ccc(-c3cn[nH]c3)nc2n1C.Cc1ccccc1.O=CN1CCC1. The van der Waals surface area contributed by atoms with E-state index in [1.165, 1.54) is 23.1 Å². The second-order valence-electron chi connectivity index (χ2n) is 7.09. The Labute approximate surface area is 212 Å². The normalized spacial score (nSPS) is 10.7. The largest absolute Gasteiger partial charge is 0.345 e. The van der Waals surface area contributed by atoms with E-state index in [4.69, 9.17) is 0 Å². The molecule has 4 aromatic rings. The monoisotopic (exact) mass is 479 g/mol. The van der Waals surface area contributed by atoms with Crippen LogP contribution in [0, 0.1) is 13.8 Å². The van der Waals surface area contributed by atoms with E-state index in [2.05, 4.69) is 57.9 Å². The predicted molar refractivity (Wildman–Crippen MR) is 151 cm³/mol. The highest BCUT2D eigenvalue weighted by Crippen LogP contribution is 2.21. The van der Waals surface area contributed by atoms with Crippen LogP contribution < -0.4 is 0 Å². The summed E-state index contributed by atoms with van der Waals surface area (Å²) in [5.41, 5.74) is 5.51. The number of hydrogen-bond donors (Lipinski definition) is 1. The van der Waals surface area contributed by atoms with E-state index in [1.54, 1.807) is 11.1 Å². The van der Waals surface area contributed by atoms with Crippen molar-refractivity contribution in [2.75, 3.05) is 13.1 Å². The molecule has 0 bridgehead atoms. The molecule has 6 nitrogen and oxygen atoms in total. The number of pyridine rings is 1. The minimum Gasteiger partial charge on any atom is -0.345 e. The van der Waals surface area contributed by atoms with E-state index in [9.17, 15) is 4.79 Å². The van der Waals surface area contributed by atoms with Gasteiger partial charge in [0.05, 0.1) is 11.9 Å². The Bertz CT molecular complexity index is 1040. The Hall–Kier alpha value is -3.41. The lowest BCUT2D eigenvalue weighted by Crippen LogP contribution is -2.35. The number of H-pyrrole nitrogens is 1. The maximum absolute atomic E-state index is 9.71. The number of rotatable bonds is 2. The molecule has 0 saturated carbocycles. The fraction of sp³-hybridized carbons (Fsp3) is 0.414. The molecule has 6 heteroatoms. The van der Waals surface area contributed by atoms with Crippen molar-refractivity contribution in [2.45, 2.75) is 61.8 Å². The molecule has 0 unspecified atom stereocenters. The minimum atomic E-state index is 0.892. The first kappa shape index (κ1) is 31.6. The van der Waals surface area contributed by atoms with Crippen LogP contribution in [0.3, 0.4) is 0 Å². The molecule has 3 aromatic heterocycles. The molecule has 1 aliphatic rings. The summed E-state index contributed by atoms with van der Waals surface area (Å²) in [6.07, 6.45) is 5.72. The first-order chi connectivity index (χ1) is 17.1. The maximum atomic E-state index is 9.71. The van der Waals surface area contributed by atoms with Crippen LogP contribution in [-0.2, 0) is 11.8 Å². The van der Waals surface area contributed by atoms with Gasteiger partial charge < -0.3 is 9.47 Å². The van der Waals surface area contributed by atoms with E-state index < -0.39 is 0 Å². The van der Waals surface area contributed by atoms with E-state index in [0.29, 0.717) is 0 Å². The number of likely N-dealkylation sites (tertiary alicyclic amines) is 1. The second kappa shape index (κ2) is 19.0. The van der Waals surface area contributed by atoms with Crippen LogP contribution in [-0.4, -0.2) is 44.1 Å². The Balaban J connectivity index is 0.000000508. The van der Waals surface area contributed by atoms with Crippen molar-refractivity contribution in [3.05, 3.63) is 72.2 Å². The van der Waals surface area contributed by atoms with E-state index in [0.717, 1.165) is 36.4 Å². The van der Waals surface area contributed by atoms with Crippen LogP contribution in [0.25, 0.3) is 22.3 Å². The summed E-state index contributed by atoms with van der Waals surface area (Å²) in [5.74, 6) is 0. The smallest absolute Gasteiger partial charge is 0.209 e. The van der Waals surface area contributed by atoms with Crippen LogP contribution in [0.1, 0.15) is 59.2 Å². The average Bonchev–Trinajstić information content (AvgIpc) is 3.52. The summed E-state index contributed by atoms with van der Waals surface area (Å²) in [7, 11) is 2.03. The molecule has 0 spiro atoms. The second-order valence-corrected chi connectivity index (χ2v) is 7.09. The lowest BCUT2D eigenvalue weighted by atomic mass is 10.2. The Morgan fingerprint density at radius 2 is 1.54 bits per heavy atom. The summed E-state index contributed by atoms with van der Waals surface area (Å²) in [4.78, 5) is 16.1. The molecule has 0 aliphatic carbocycles. The molecule has 1 N–H and O–H groups in total. The first-order valence-corrected chi connectivity index (χ1v) is 12.7. The van der Waals surface area contributed by atoms with E-state index in [-0.39, 0.29) is 0 Å². The predicted octanol–water partition coefficient (Wildman–Crippen LogP) is 7.19. The zero-order valence-corrected chi connectivity index (χ0v) is 23.2. The topological polar surface area (TPSA) is 66.8 Å². The molecular weight excluding hydrogens is 434 g/mol. The molecule has 5 rings (SSSR count). The molecule has 1 amide bonds. The molecule has 4 heterocycles. The Kier molecular flexibility index (Phi) is 17.1. The number of aromatic nitrogens is 4. The van der Waals surface area contributed by atoms with Gasteiger partial charge in [0, 0.05) is 43.0 Å². The number of hydrogen-bond acceptors (Lipinski definition) is 3. The summed E-state index contributed by atoms with van der Waals surface area (Å²) in [6, 6.07) is 16.5. The maximum Gasteiger partial charge on any atom is 0.209 e. The molecule has 1 saturated heterocycles. The van der Waals surface area contributed by atoms with Gasteiger partial charge in [0.2, 0.25) is 6.41 Å². The van der Waals surface area contributed by atoms with E-state index in [1.807, 2.05) is 79.1 Å². The van der Waals surface area contributed by atoms with Crippen molar-refractivity contribution >= 4 is 17.4 Å². The number of nitrogens with one attached hydrogen (secondary N) is 1. The standard InChI is InChI=1S/C12H12N4.C7H8.C4H7NO.3C2H6/c1-8-5-9-3-4-11(10-6-13-14-7-10)15-12(9)16(8)2;1-7-5-3-2-4-6-7;6-4-5-2-1-3-5;3*1-2/h3-7H,1-2H3,(H,13,14);2-6H,1H3;4H,1-3H2;3*1-2H3. The number of aromatic amines is 1. The van der Waals surface area contributed by atoms with Crippen LogP contribution in [0.15, 0.2) is 60.9 Å². The number of carbonyl (C=O) groups is 1. The first-order valence-electron chi connectivity index (χ1n) is 12.7. The van der Waals surface area contributed by atoms with Crippen molar-refractivity contribution < 1.29 is 4.79 Å². The van der Waals surface area contributed by atoms with Gasteiger partial charge >= 0.3 is 0 Å². The molecule has 1 fully saturated rings. The van der Waals surface area contributed by atoms with Crippen LogP contribution in [0.4, 0.5) is 0 Å². The highest BCUT2D eigenvalue weighted by molar-refractivity contribution is 5.80. The third-order valence-corrected chi connectivity index (χ3v) is 4.89. The zero-order chi connectivity index (χ0) is 26.6. The number of benzene rings is 1. The number of nitrogens with zero attached hydrogens (tertiary/aromatic N) is 4. The fourth-order valence-corrected chi connectivity index (χ4v) is 2.86. The average molecular weight is 480 g/mol. The number of carbonyl (C=O) groups excluding carboxylic acids is 1. The fourth-order valence-electron chi connectivity index (χ4n) is 2.86. The van der Waals surface area contributed by atoms with Gasteiger partial charge in [0.15, 0.2) is 0 Å². The number of fused-ring (bicyclic) bond motifs is 1. The lowest BCUT2D eigenvalue weighted by molar-refractivity contribution is -0.121. The molecule has 1 aliphatic heterocycles. The number of aryl methyl sites for hydroxylation is 3. The number of amides is 1. The van der Waals surface area contributed by atoms with Gasteiger partial charge in [-0.05, 0) is 38.5 Å². The molecule has 1 aromatic carbocycles. The van der Waals surface area contributed by atoms with Crippen molar-refractivity contribution in [2.24, 2.45) is 7.05 Å². The van der Waals surface area contributed by atoms with Gasteiger partial charge in [-0.25, -0.2) is 4.98 Å². The van der Waals surface area contributed by atoms with Gasteiger partial charge in [-0.15, -0.1) is 0 Å². The quantitative estimate of drug-likeness (QED) is 0.309. The minimum absolute atomic E-state index is 0.892. The van der Waals surface area contributed by atoms with Crippen LogP contribution in [0.2, 0.25) is 0 Å². The molecular formula is C29H45N5O. The summed E-state index contributed by atoms with van der Waals surface area (Å²) in [5, 5.41) is 7.91. The Morgan fingerprint density at radius 3 is 1.94 bits per heavy atom. The Morgan fingerprint density at radius 1 is 0.914 bits per heavy atom. The van der Waals surface area contributed by atoms with Gasteiger partial charge in [0.25, 0.3) is 0 Å². The van der Waals surface area contributed by atoms with Crippen LogP contribution in [0.5, 0.6) is 0 Å². The van der Waals surface area contributed by atoms with Crippen LogP contribution >= 0.6 is 0 Å². The third kappa shape index (κ3) is 10.6. The molecule has 192 valence electrons. The van der Waals surface area contributed by atoms with Gasteiger partial charge in [-0.2, -0.15) is 5.10 Å². The lowest BCUT2D eigenvalue weighted by Gasteiger charge is -2.25. The van der Waals surface area contributed by atoms with Crippen molar-refractivity contribution in [3.8, 4) is 11.3 Å². The molecule has 0 radical (unpaired) electrons. The van der Waals surface area contributed by atoms with Gasteiger partial charge in [0.1, 0.15) is 5.65 Å².